The summed E-state index contributed by atoms with van der Waals surface area (Å²) in [6, 6.07) is 3.48. The van der Waals surface area contributed by atoms with Crippen molar-refractivity contribution >= 4 is 39.6 Å². The summed E-state index contributed by atoms with van der Waals surface area (Å²) >= 11 is 0. The first kappa shape index (κ1) is 31.4. The molecule has 2 N–H and O–H groups in total. The van der Waals surface area contributed by atoms with Crippen LogP contribution < -0.4 is 10.0 Å². The van der Waals surface area contributed by atoms with Crippen LogP contribution in [0.25, 0.3) is 0 Å². The molecule has 2 heterocycles. The van der Waals surface area contributed by atoms with Crippen LogP contribution in [0.4, 0.5) is 9.18 Å². The standard InChI is InChI=1S/C30H35FN4O8S/c1-3-6-20(36)8-5-10-26(37)35-16-21(43-29(40)34-15-19-7-4-9-24(31)23(19)17-34)13-25(35)27(38)32-30(14-18(30)2)28(39)33-44(41,42)22-11-12-22/h4,7,9,18,21-22,25H,5,8,10-17H2,1-2H3,(H,32,38)(H,33,39)/t18?,21-,25?,30-/m1/s1. The molecule has 4 amide bonds. The number of fused-ring (bicyclic) bond motifs is 1. The minimum atomic E-state index is -3.84. The van der Waals surface area contributed by atoms with Crippen molar-refractivity contribution in [1.29, 1.82) is 0 Å². The molecule has 1 aromatic rings. The molecule has 0 radical (unpaired) electrons. The predicted molar refractivity (Wildman–Crippen MR) is 153 cm³/mol. The Morgan fingerprint density at radius 2 is 1.86 bits per heavy atom. The van der Waals surface area contributed by atoms with Crippen molar-refractivity contribution in [3.05, 3.63) is 35.1 Å². The van der Waals surface area contributed by atoms with Crippen LogP contribution in [0.15, 0.2) is 18.2 Å². The van der Waals surface area contributed by atoms with E-state index in [1.54, 1.807) is 19.1 Å². The lowest BCUT2D eigenvalue weighted by Gasteiger charge is -2.26. The monoisotopic (exact) mass is 630 g/mol. The molecule has 12 nitrogen and oxygen atoms in total. The number of carbonyl (C=O) groups excluding carboxylic acids is 5. The third-order valence-electron chi connectivity index (χ3n) is 8.66. The minimum absolute atomic E-state index is 0.0219. The number of amides is 4. The van der Waals surface area contributed by atoms with Crippen molar-refractivity contribution in [2.75, 3.05) is 6.54 Å². The Kier molecular flexibility index (Phi) is 8.71. The largest absolute Gasteiger partial charge is 0.444 e. The van der Waals surface area contributed by atoms with Gasteiger partial charge in [-0.3, -0.25) is 28.8 Å². The van der Waals surface area contributed by atoms with Crippen LogP contribution in [0.1, 0.15) is 69.9 Å². The number of Topliss-reactive ketones (excluding diaryl/α,β-unsaturated/α-hetero) is 1. The van der Waals surface area contributed by atoms with Crippen molar-refractivity contribution in [1.82, 2.24) is 19.8 Å². The molecule has 2 saturated carbocycles. The van der Waals surface area contributed by atoms with E-state index in [0.717, 1.165) is 0 Å². The summed E-state index contributed by atoms with van der Waals surface area (Å²) in [6.45, 7) is 3.31. The van der Waals surface area contributed by atoms with Crippen molar-refractivity contribution in [3.8, 4) is 11.8 Å². The number of sulfonamides is 1. The van der Waals surface area contributed by atoms with Gasteiger partial charge in [-0.2, -0.15) is 0 Å². The molecule has 2 aliphatic heterocycles. The van der Waals surface area contributed by atoms with Gasteiger partial charge in [0.25, 0.3) is 5.91 Å². The Hall–Kier alpha value is -3.99. The maximum atomic E-state index is 14.2. The summed E-state index contributed by atoms with van der Waals surface area (Å²) in [5, 5.41) is 2.07. The summed E-state index contributed by atoms with van der Waals surface area (Å²) in [5.41, 5.74) is -0.382. The minimum Gasteiger partial charge on any atom is -0.444 e. The van der Waals surface area contributed by atoms with E-state index in [1.165, 1.54) is 22.8 Å². The summed E-state index contributed by atoms with van der Waals surface area (Å²) in [5.74, 6) is 1.89. The van der Waals surface area contributed by atoms with Gasteiger partial charge in [-0.15, -0.1) is 0 Å². The molecule has 1 saturated heterocycles. The van der Waals surface area contributed by atoms with E-state index in [4.69, 9.17) is 4.74 Å². The van der Waals surface area contributed by atoms with E-state index in [1.807, 2.05) is 0 Å². The Bertz CT molecular complexity index is 1570. The van der Waals surface area contributed by atoms with Gasteiger partial charge < -0.3 is 15.0 Å². The fourth-order valence-electron chi connectivity index (χ4n) is 5.84. The zero-order chi connectivity index (χ0) is 31.8. The van der Waals surface area contributed by atoms with Crippen LogP contribution in [0.2, 0.25) is 0 Å². The highest BCUT2D eigenvalue weighted by Crippen LogP contribution is 2.44. The van der Waals surface area contributed by atoms with Crippen LogP contribution in [0.5, 0.6) is 0 Å². The first-order valence-corrected chi connectivity index (χ1v) is 16.2. The molecule has 0 spiro atoms. The Balaban J connectivity index is 1.27. The molecule has 3 fully saturated rings. The summed E-state index contributed by atoms with van der Waals surface area (Å²) in [7, 11) is -3.84. The van der Waals surface area contributed by atoms with Gasteiger partial charge >= 0.3 is 6.09 Å². The number of ketones is 1. The van der Waals surface area contributed by atoms with Gasteiger partial charge in [0.2, 0.25) is 27.6 Å². The predicted octanol–water partition coefficient (Wildman–Crippen LogP) is 1.51. The topological polar surface area (TPSA) is 159 Å². The van der Waals surface area contributed by atoms with Gasteiger partial charge in [0.15, 0.2) is 0 Å². The first-order chi connectivity index (χ1) is 20.8. The SMILES string of the molecule is CC#CC(=O)CCCC(=O)N1C[C@H](OC(=O)N2Cc3cccc(F)c3C2)CC1C(=O)N[C@]1(C(=O)NS(=O)(=O)C2CC2)CC1C. The maximum absolute atomic E-state index is 14.2. The number of nitrogens with one attached hydrogen (secondary N) is 2. The normalized spacial score (nSPS) is 25.4. The number of hydrogen-bond acceptors (Lipinski definition) is 8. The molecule has 2 aliphatic carbocycles. The molecule has 14 heteroatoms. The fraction of sp³-hybridized carbons (Fsp3) is 0.567. The van der Waals surface area contributed by atoms with E-state index >= 15 is 0 Å². The highest BCUT2D eigenvalue weighted by Gasteiger charge is 2.61. The van der Waals surface area contributed by atoms with Gasteiger partial charge in [0.1, 0.15) is 23.5 Å². The van der Waals surface area contributed by atoms with E-state index in [0.29, 0.717) is 24.0 Å². The molecule has 4 atom stereocenters. The number of hydrogen-bond donors (Lipinski definition) is 2. The number of rotatable bonds is 10. The average molecular weight is 631 g/mol. The smallest absolute Gasteiger partial charge is 0.410 e. The molecule has 5 rings (SSSR count). The van der Waals surface area contributed by atoms with Crippen molar-refractivity contribution in [2.45, 2.75) is 94.8 Å². The Morgan fingerprint density at radius 1 is 1.14 bits per heavy atom. The molecule has 44 heavy (non-hydrogen) atoms. The maximum Gasteiger partial charge on any atom is 0.410 e. The number of nitrogens with zero attached hydrogens (tertiary/aromatic N) is 2. The number of benzene rings is 1. The van der Waals surface area contributed by atoms with Gasteiger partial charge in [-0.1, -0.05) is 25.0 Å². The van der Waals surface area contributed by atoms with E-state index in [9.17, 15) is 36.8 Å². The van der Waals surface area contributed by atoms with Crippen LogP contribution in [0.3, 0.4) is 0 Å². The van der Waals surface area contributed by atoms with Gasteiger partial charge in [0.05, 0.1) is 18.3 Å². The number of ether oxygens (including phenoxy) is 1. The number of carbonyl (C=O) groups is 5. The second-order valence-electron chi connectivity index (χ2n) is 11.9. The first-order valence-electron chi connectivity index (χ1n) is 14.7. The Labute approximate surface area is 255 Å². The Morgan fingerprint density at radius 3 is 2.50 bits per heavy atom. The number of likely N-dealkylation sites (tertiary alicyclic amines) is 1. The van der Waals surface area contributed by atoms with Crippen molar-refractivity contribution in [2.24, 2.45) is 5.92 Å². The lowest BCUT2D eigenvalue weighted by atomic mass is 10.1. The molecular formula is C30H35FN4O8S. The molecule has 0 aromatic heterocycles. The van der Waals surface area contributed by atoms with Crippen LogP contribution in [-0.4, -0.2) is 77.3 Å². The van der Waals surface area contributed by atoms with Crippen LogP contribution in [-0.2, 0) is 47.0 Å². The fourth-order valence-corrected chi connectivity index (χ4v) is 7.20. The molecule has 236 valence electrons. The highest BCUT2D eigenvalue weighted by atomic mass is 32.2. The zero-order valence-electron chi connectivity index (χ0n) is 24.6. The van der Waals surface area contributed by atoms with Crippen LogP contribution >= 0.6 is 0 Å². The third-order valence-corrected chi connectivity index (χ3v) is 10.5. The average Bonchev–Trinajstić information content (AvgIpc) is 3.82. The van der Waals surface area contributed by atoms with Gasteiger partial charge in [-0.25, -0.2) is 17.6 Å². The van der Waals surface area contributed by atoms with Crippen LogP contribution in [0, 0.1) is 23.6 Å². The molecule has 4 aliphatic rings. The van der Waals surface area contributed by atoms with Gasteiger partial charge in [-0.05, 0) is 56.1 Å². The van der Waals surface area contributed by atoms with E-state index in [-0.39, 0.29) is 63.4 Å². The summed E-state index contributed by atoms with van der Waals surface area (Å²) in [4.78, 5) is 67.4. The zero-order valence-corrected chi connectivity index (χ0v) is 25.4. The van der Waals surface area contributed by atoms with E-state index < -0.39 is 62.6 Å². The highest BCUT2D eigenvalue weighted by molar-refractivity contribution is 7.91. The van der Waals surface area contributed by atoms with Gasteiger partial charge in [0, 0.05) is 31.4 Å². The summed E-state index contributed by atoms with van der Waals surface area (Å²) < 4.78 is 46.8. The van der Waals surface area contributed by atoms with Crippen molar-refractivity contribution in [3.63, 3.8) is 0 Å². The molecular weight excluding hydrogens is 595 g/mol. The second kappa shape index (κ2) is 12.2. The van der Waals surface area contributed by atoms with Crippen molar-refractivity contribution < 1.29 is 41.5 Å². The molecule has 1 aromatic carbocycles. The molecule has 0 bridgehead atoms. The number of halogens is 1. The quantitative estimate of drug-likeness (QED) is 0.291. The van der Waals surface area contributed by atoms with E-state index in [2.05, 4.69) is 21.9 Å². The summed E-state index contributed by atoms with van der Waals surface area (Å²) in [6.07, 6.45) is -0.331. The lowest BCUT2D eigenvalue weighted by Crippen LogP contribution is -2.56. The lowest BCUT2D eigenvalue weighted by molar-refractivity contribution is -0.140. The third kappa shape index (κ3) is 6.57. The second-order valence-corrected chi connectivity index (χ2v) is 13.9. The molecule has 2 unspecified atom stereocenters.